The van der Waals surface area contributed by atoms with Crippen molar-refractivity contribution in [1.82, 2.24) is 4.72 Å². The highest BCUT2D eigenvalue weighted by Crippen LogP contribution is 2.19. The predicted molar refractivity (Wildman–Crippen MR) is 109 cm³/mol. The Morgan fingerprint density at radius 3 is 2.33 bits per heavy atom. The number of ether oxygens (including phenoxy) is 1. The van der Waals surface area contributed by atoms with Gasteiger partial charge >= 0.3 is 0 Å². The second-order valence-electron chi connectivity index (χ2n) is 6.95. The van der Waals surface area contributed by atoms with Crippen molar-refractivity contribution in [2.45, 2.75) is 30.4 Å². The minimum absolute atomic E-state index is 0.0384. The minimum Gasteiger partial charge on any atom is -0.481 e. The van der Waals surface area contributed by atoms with Crippen LogP contribution in [0, 0.1) is 5.82 Å². The number of carbonyl (C=O) groups is 1. The number of sulfonamides is 1. The average Bonchev–Trinajstić information content (AvgIpc) is 3.01. The lowest BCUT2D eigenvalue weighted by Gasteiger charge is -2.15. The number of hydrogen-bond donors (Lipinski definition) is 2. The fraction of sp³-hybridized carbons (Fsp3) is 0.316. The van der Waals surface area contributed by atoms with Crippen LogP contribution in [0.5, 0.6) is 5.75 Å². The normalized spacial score (nSPS) is 19.2. The highest BCUT2D eigenvalue weighted by atomic mass is 32.2. The summed E-state index contributed by atoms with van der Waals surface area (Å²) in [5, 5.41) is 2.60. The van der Waals surface area contributed by atoms with E-state index in [2.05, 4.69) is 10.0 Å². The van der Waals surface area contributed by atoms with Crippen molar-refractivity contribution in [3.63, 3.8) is 0 Å². The monoisotopic (exact) mass is 456 g/mol. The Balaban J connectivity index is 1.59. The summed E-state index contributed by atoms with van der Waals surface area (Å²) in [6, 6.07) is 10.1. The van der Waals surface area contributed by atoms with E-state index < -0.39 is 43.7 Å². The van der Waals surface area contributed by atoms with Gasteiger partial charge in [0.2, 0.25) is 10.0 Å². The highest BCUT2D eigenvalue weighted by Gasteiger charge is 2.31. The highest BCUT2D eigenvalue weighted by molar-refractivity contribution is 7.92. The van der Waals surface area contributed by atoms with Crippen LogP contribution in [0.1, 0.15) is 13.3 Å². The van der Waals surface area contributed by atoms with E-state index in [0.29, 0.717) is 11.4 Å². The largest absolute Gasteiger partial charge is 0.481 e. The zero-order valence-corrected chi connectivity index (χ0v) is 17.7. The van der Waals surface area contributed by atoms with Crippen molar-refractivity contribution in [2.75, 3.05) is 16.8 Å². The minimum atomic E-state index is -3.88. The third kappa shape index (κ3) is 5.77. The van der Waals surface area contributed by atoms with Gasteiger partial charge in [-0.2, -0.15) is 0 Å². The van der Waals surface area contributed by atoms with Gasteiger partial charge in [0.15, 0.2) is 15.9 Å². The maximum atomic E-state index is 12.9. The van der Waals surface area contributed by atoms with Gasteiger partial charge in [-0.1, -0.05) is 0 Å². The molecule has 0 bridgehead atoms. The second-order valence-corrected chi connectivity index (χ2v) is 10.9. The van der Waals surface area contributed by atoms with Gasteiger partial charge in [0, 0.05) is 11.7 Å². The molecule has 1 heterocycles. The zero-order chi connectivity index (χ0) is 21.9. The molecule has 1 aliphatic rings. The molecule has 2 aromatic rings. The fourth-order valence-electron chi connectivity index (χ4n) is 2.91. The van der Waals surface area contributed by atoms with Crippen LogP contribution in [0.2, 0.25) is 0 Å². The molecule has 0 unspecified atom stereocenters. The number of amides is 1. The molecule has 2 atom stereocenters. The third-order valence-corrected chi connectivity index (χ3v) is 7.79. The number of nitrogens with one attached hydrogen (secondary N) is 2. The molecule has 1 fully saturated rings. The molecule has 0 aliphatic carbocycles. The van der Waals surface area contributed by atoms with Crippen molar-refractivity contribution in [3.8, 4) is 5.75 Å². The van der Waals surface area contributed by atoms with Crippen LogP contribution in [0.3, 0.4) is 0 Å². The number of anilines is 1. The van der Waals surface area contributed by atoms with Crippen LogP contribution in [-0.4, -0.2) is 46.4 Å². The summed E-state index contributed by atoms with van der Waals surface area (Å²) in [6.45, 7) is 1.52. The molecule has 11 heteroatoms. The number of halogens is 1. The first-order chi connectivity index (χ1) is 14.0. The smallest absolute Gasteiger partial charge is 0.265 e. The van der Waals surface area contributed by atoms with Gasteiger partial charge in [0.05, 0.1) is 16.4 Å². The zero-order valence-electron chi connectivity index (χ0n) is 16.0. The van der Waals surface area contributed by atoms with Crippen LogP contribution in [0.4, 0.5) is 10.1 Å². The predicted octanol–water partition coefficient (Wildman–Crippen LogP) is 1.70. The molecular formula is C19H21FN2O6S2. The lowest BCUT2D eigenvalue weighted by molar-refractivity contribution is -0.122. The molecular weight excluding hydrogens is 435 g/mol. The Bertz CT molecular complexity index is 1120. The summed E-state index contributed by atoms with van der Waals surface area (Å²) in [4.78, 5) is 12.2. The summed E-state index contributed by atoms with van der Waals surface area (Å²) >= 11 is 0. The summed E-state index contributed by atoms with van der Waals surface area (Å²) in [7, 11) is -7.09. The maximum absolute atomic E-state index is 12.9. The molecule has 1 aliphatic heterocycles. The number of hydrogen-bond acceptors (Lipinski definition) is 6. The third-order valence-electron chi connectivity index (χ3n) is 4.48. The van der Waals surface area contributed by atoms with Crippen LogP contribution in [0.25, 0.3) is 0 Å². The Labute approximate surface area is 174 Å². The molecule has 2 N–H and O–H groups in total. The van der Waals surface area contributed by atoms with E-state index >= 15 is 0 Å². The number of carbonyl (C=O) groups excluding carboxylic acids is 1. The number of benzene rings is 2. The van der Waals surface area contributed by atoms with E-state index in [-0.39, 0.29) is 22.8 Å². The van der Waals surface area contributed by atoms with Gasteiger partial charge in [-0.15, -0.1) is 0 Å². The molecule has 30 heavy (non-hydrogen) atoms. The topological polar surface area (TPSA) is 119 Å². The first-order valence-electron chi connectivity index (χ1n) is 9.10. The molecule has 0 radical (unpaired) electrons. The number of rotatable bonds is 7. The Hall–Kier alpha value is -2.50. The maximum Gasteiger partial charge on any atom is 0.265 e. The first-order valence-corrected chi connectivity index (χ1v) is 12.4. The summed E-state index contributed by atoms with van der Waals surface area (Å²) < 4.78 is 68.6. The lowest BCUT2D eigenvalue weighted by atomic mass is 10.3. The summed E-state index contributed by atoms with van der Waals surface area (Å²) in [5.41, 5.74) is 0.358. The molecule has 8 nitrogen and oxygen atoms in total. The van der Waals surface area contributed by atoms with Gasteiger partial charge in [0.1, 0.15) is 11.6 Å². The molecule has 1 saturated heterocycles. The summed E-state index contributed by atoms with van der Waals surface area (Å²) in [6.07, 6.45) is -0.633. The molecule has 0 saturated carbocycles. The van der Waals surface area contributed by atoms with E-state index in [1.54, 1.807) is 0 Å². The number of sulfone groups is 1. The van der Waals surface area contributed by atoms with E-state index in [0.717, 1.165) is 0 Å². The van der Waals surface area contributed by atoms with E-state index in [1.165, 1.54) is 55.5 Å². The molecule has 0 aromatic heterocycles. The van der Waals surface area contributed by atoms with E-state index in [9.17, 15) is 26.0 Å². The van der Waals surface area contributed by atoms with E-state index in [4.69, 9.17) is 4.74 Å². The Morgan fingerprint density at radius 1 is 1.13 bits per heavy atom. The average molecular weight is 457 g/mol. The van der Waals surface area contributed by atoms with Gasteiger partial charge < -0.3 is 10.1 Å². The van der Waals surface area contributed by atoms with Crippen molar-refractivity contribution < 1.29 is 30.8 Å². The van der Waals surface area contributed by atoms with Crippen molar-refractivity contribution >= 4 is 31.5 Å². The Morgan fingerprint density at radius 2 is 1.77 bits per heavy atom. The van der Waals surface area contributed by atoms with Gasteiger partial charge in [0.25, 0.3) is 5.91 Å². The Kier molecular flexibility index (Phi) is 6.44. The molecule has 1 amide bonds. The molecule has 162 valence electrons. The van der Waals surface area contributed by atoms with E-state index in [1.807, 2.05) is 0 Å². The SMILES string of the molecule is C[C@H](Oc1ccc(F)cc1)C(=O)Nc1ccc(S(=O)(=O)N[C@@H]2CCS(=O)(=O)C2)cc1. The van der Waals surface area contributed by atoms with Gasteiger partial charge in [-0.05, 0) is 61.9 Å². The van der Waals surface area contributed by atoms with Gasteiger partial charge in [-0.3, -0.25) is 4.79 Å². The fourth-order valence-corrected chi connectivity index (χ4v) is 5.96. The summed E-state index contributed by atoms with van der Waals surface area (Å²) in [5.74, 6) is -0.807. The van der Waals surface area contributed by atoms with Crippen LogP contribution >= 0.6 is 0 Å². The first kappa shape index (κ1) is 22.2. The quantitative estimate of drug-likeness (QED) is 0.655. The van der Waals surface area contributed by atoms with Crippen LogP contribution in [-0.2, 0) is 24.7 Å². The second kappa shape index (κ2) is 8.70. The van der Waals surface area contributed by atoms with Crippen molar-refractivity contribution in [1.29, 1.82) is 0 Å². The van der Waals surface area contributed by atoms with Crippen molar-refractivity contribution in [3.05, 3.63) is 54.3 Å². The standard InChI is InChI=1S/C19H21FN2O6S2/c1-13(28-17-6-2-14(20)3-7-17)19(23)21-15-4-8-18(9-5-15)30(26,27)22-16-10-11-29(24,25)12-16/h2-9,13,16,22H,10-12H2,1H3,(H,21,23)/t13-,16+/m0/s1. The van der Waals surface area contributed by atoms with Crippen LogP contribution in [0.15, 0.2) is 53.4 Å². The molecule has 3 rings (SSSR count). The molecule has 0 spiro atoms. The van der Waals surface area contributed by atoms with Crippen LogP contribution < -0.4 is 14.8 Å². The lowest BCUT2D eigenvalue weighted by Crippen LogP contribution is -2.35. The molecule has 2 aromatic carbocycles. The van der Waals surface area contributed by atoms with Crippen molar-refractivity contribution in [2.24, 2.45) is 0 Å². The van der Waals surface area contributed by atoms with Gasteiger partial charge in [-0.25, -0.2) is 25.9 Å².